The van der Waals surface area contributed by atoms with Crippen LogP contribution in [0.2, 0.25) is 0 Å². The van der Waals surface area contributed by atoms with Crippen molar-refractivity contribution in [3.8, 4) is 6.01 Å². The van der Waals surface area contributed by atoms with E-state index in [1.54, 1.807) is 0 Å². The average Bonchev–Trinajstić information content (AvgIpc) is 2.04. The third-order valence-corrected chi connectivity index (χ3v) is 1.34. The maximum atomic E-state index is 10.7. The van der Waals surface area contributed by atoms with E-state index in [1.807, 2.05) is 0 Å². The van der Waals surface area contributed by atoms with Crippen LogP contribution in [0.5, 0.6) is 6.01 Å². The van der Waals surface area contributed by atoms with E-state index in [0.29, 0.717) is 5.52 Å². The molecule has 6 nitrogen and oxygen atoms in total. The lowest BCUT2D eigenvalue weighted by Crippen LogP contribution is -2.03. The molecular weight excluding hydrogens is 158 g/mol. The van der Waals surface area contributed by atoms with Crippen molar-refractivity contribution in [2.45, 2.75) is 0 Å². The number of nitrogens with two attached hydrogens (primary N) is 1. The molecule has 2 heterocycles. The molecule has 6 heteroatoms. The Bertz CT molecular complexity index is 429. The van der Waals surface area contributed by atoms with E-state index < -0.39 is 6.01 Å². The molecule has 0 saturated heterocycles. The van der Waals surface area contributed by atoms with Gasteiger partial charge in [0, 0.05) is 12.4 Å². The fraction of sp³-hybridized carbons (Fsp3) is 0. The van der Waals surface area contributed by atoms with Crippen molar-refractivity contribution < 1.29 is 5.11 Å². The Kier molecular flexibility index (Phi) is 1.26. The second kappa shape index (κ2) is 2.26. The number of fused-ring (bicyclic) bond motifs is 1. The van der Waals surface area contributed by atoms with Gasteiger partial charge in [-0.2, -0.15) is 0 Å². The predicted octanol–water partition coefficient (Wildman–Crippen LogP) is -0.924. The summed E-state index contributed by atoms with van der Waals surface area (Å²) in [5.74, 6) is 0.0677. The van der Waals surface area contributed by atoms with Gasteiger partial charge in [0.15, 0.2) is 11.5 Å². The van der Waals surface area contributed by atoms with Gasteiger partial charge in [-0.25, -0.2) is 19.9 Å². The van der Waals surface area contributed by atoms with E-state index in [9.17, 15) is 5.11 Å². The largest absolute Gasteiger partial charge is 0.844 e. The second-order valence-electron chi connectivity index (χ2n) is 2.12. The minimum Gasteiger partial charge on any atom is -0.844 e. The highest BCUT2D eigenvalue weighted by molar-refractivity contribution is 5.80. The predicted molar refractivity (Wildman–Crippen MR) is 39.0 cm³/mol. The quantitative estimate of drug-likeness (QED) is 0.537. The Hall–Kier alpha value is -1.98. The first-order valence-corrected chi connectivity index (χ1v) is 3.18. The van der Waals surface area contributed by atoms with Crippen LogP contribution in [-0.4, -0.2) is 19.9 Å². The summed E-state index contributed by atoms with van der Waals surface area (Å²) in [6.07, 6.45) is 2.90. The molecule has 0 fully saturated rings. The summed E-state index contributed by atoms with van der Waals surface area (Å²) in [4.78, 5) is 14.6. The van der Waals surface area contributed by atoms with E-state index in [0.717, 1.165) is 0 Å². The number of anilines is 1. The molecule has 2 aromatic heterocycles. The SMILES string of the molecule is Nc1nc([O-])nc2nccnc12. The zero-order valence-electron chi connectivity index (χ0n) is 5.93. The monoisotopic (exact) mass is 162 g/mol. The first-order valence-electron chi connectivity index (χ1n) is 3.18. The van der Waals surface area contributed by atoms with Crippen molar-refractivity contribution in [3.63, 3.8) is 0 Å². The summed E-state index contributed by atoms with van der Waals surface area (Å²) in [5.41, 5.74) is 5.99. The Labute approximate surface area is 67.1 Å². The zero-order valence-corrected chi connectivity index (χ0v) is 5.93. The number of aromatic nitrogens is 4. The lowest BCUT2D eigenvalue weighted by Gasteiger charge is -2.04. The van der Waals surface area contributed by atoms with Crippen LogP contribution in [0.3, 0.4) is 0 Å². The van der Waals surface area contributed by atoms with Crippen molar-refractivity contribution >= 4 is 17.0 Å². The van der Waals surface area contributed by atoms with Crippen LogP contribution in [0.15, 0.2) is 12.4 Å². The van der Waals surface area contributed by atoms with Gasteiger partial charge in [0.1, 0.15) is 5.52 Å². The highest BCUT2D eigenvalue weighted by Gasteiger charge is 2.00. The number of nitrogens with zero attached hydrogens (tertiary/aromatic N) is 4. The van der Waals surface area contributed by atoms with E-state index in [2.05, 4.69) is 19.9 Å². The molecule has 2 rings (SSSR count). The molecule has 60 valence electrons. The van der Waals surface area contributed by atoms with Crippen LogP contribution in [0.1, 0.15) is 0 Å². The maximum Gasteiger partial charge on any atom is 0.182 e. The Morgan fingerprint density at radius 2 is 1.92 bits per heavy atom. The molecule has 0 spiro atoms. The van der Waals surface area contributed by atoms with Crippen molar-refractivity contribution in [3.05, 3.63) is 12.4 Å². The first kappa shape index (κ1) is 6.71. The molecule has 2 aromatic rings. The number of hydrogen-bond donors (Lipinski definition) is 1. The molecular formula is C6H4N5O-. The molecule has 2 N–H and O–H groups in total. The molecule has 0 unspecified atom stereocenters. The van der Waals surface area contributed by atoms with Gasteiger partial charge < -0.3 is 10.8 Å². The van der Waals surface area contributed by atoms with Crippen LogP contribution in [-0.2, 0) is 0 Å². The van der Waals surface area contributed by atoms with Crippen LogP contribution < -0.4 is 10.8 Å². The van der Waals surface area contributed by atoms with Crippen molar-refractivity contribution in [1.82, 2.24) is 19.9 Å². The van der Waals surface area contributed by atoms with E-state index in [1.165, 1.54) is 12.4 Å². The Morgan fingerprint density at radius 3 is 2.75 bits per heavy atom. The maximum absolute atomic E-state index is 10.7. The Balaban J connectivity index is 2.89. The van der Waals surface area contributed by atoms with Crippen LogP contribution in [0.25, 0.3) is 11.2 Å². The molecule has 0 saturated carbocycles. The van der Waals surface area contributed by atoms with Gasteiger partial charge in [0.2, 0.25) is 0 Å². The zero-order chi connectivity index (χ0) is 8.55. The number of nitrogen functional groups attached to an aromatic ring is 1. The van der Waals surface area contributed by atoms with Gasteiger partial charge in [-0.3, -0.25) is 0 Å². The summed E-state index contributed by atoms with van der Waals surface area (Å²) in [6.45, 7) is 0. The lowest BCUT2D eigenvalue weighted by molar-refractivity contribution is -0.281. The second-order valence-corrected chi connectivity index (χ2v) is 2.12. The molecule has 12 heavy (non-hydrogen) atoms. The van der Waals surface area contributed by atoms with Crippen LogP contribution in [0, 0.1) is 0 Å². The fourth-order valence-corrected chi connectivity index (χ4v) is 0.865. The van der Waals surface area contributed by atoms with E-state index in [-0.39, 0.29) is 11.5 Å². The van der Waals surface area contributed by atoms with E-state index >= 15 is 0 Å². The van der Waals surface area contributed by atoms with Gasteiger partial charge in [-0.05, 0) is 0 Å². The minimum atomic E-state index is -0.638. The van der Waals surface area contributed by atoms with Crippen molar-refractivity contribution in [1.29, 1.82) is 0 Å². The third kappa shape index (κ3) is 0.895. The average molecular weight is 162 g/mol. The highest BCUT2D eigenvalue weighted by Crippen LogP contribution is 2.12. The first-order chi connectivity index (χ1) is 5.77. The topological polar surface area (TPSA) is 101 Å². The highest BCUT2D eigenvalue weighted by atomic mass is 16.3. The van der Waals surface area contributed by atoms with Crippen LogP contribution >= 0.6 is 0 Å². The Morgan fingerprint density at radius 1 is 1.17 bits per heavy atom. The summed E-state index contributed by atoms with van der Waals surface area (Å²) in [7, 11) is 0. The van der Waals surface area contributed by atoms with Crippen molar-refractivity contribution in [2.75, 3.05) is 5.73 Å². The number of rotatable bonds is 0. The molecule has 0 aliphatic heterocycles. The molecule has 0 aliphatic carbocycles. The molecule has 0 aliphatic rings. The molecule has 0 amide bonds. The minimum absolute atomic E-state index is 0.0677. The van der Waals surface area contributed by atoms with E-state index in [4.69, 9.17) is 5.73 Å². The standard InChI is InChI=1S/C6H5N5O/c7-4-3-5(9-2-1-8-3)11-6(12)10-4/h1-2H,(H3,7,9,10,11,12)/p-1. The molecule has 0 radical (unpaired) electrons. The summed E-state index contributed by atoms with van der Waals surface area (Å²) in [6, 6.07) is -0.638. The normalized spacial score (nSPS) is 10.3. The van der Waals surface area contributed by atoms with Gasteiger partial charge in [-0.1, -0.05) is 0 Å². The smallest absolute Gasteiger partial charge is 0.182 e. The van der Waals surface area contributed by atoms with Gasteiger partial charge in [-0.15, -0.1) is 0 Å². The van der Waals surface area contributed by atoms with Crippen molar-refractivity contribution in [2.24, 2.45) is 0 Å². The number of hydrogen-bond acceptors (Lipinski definition) is 6. The molecule has 0 atom stereocenters. The van der Waals surface area contributed by atoms with Crippen LogP contribution in [0.4, 0.5) is 5.82 Å². The third-order valence-electron chi connectivity index (χ3n) is 1.34. The fourth-order valence-electron chi connectivity index (χ4n) is 0.865. The summed E-state index contributed by atoms with van der Waals surface area (Å²) >= 11 is 0. The van der Waals surface area contributed by atoms with Gasteiger partial charge in [0.05, 0.1) is 6.01 Å². The summed E-state index contributed by atoms with van der Waals surface area (Å²) < 4.78 is 0. The lowest BCUT2D eigenvalue weighted by atomic mass is 10.5. The van der Waals surface area contributed by atoms with Gasteiger partial charge >= 0.3 is 0 Å². The molecule has 0 aromatic carbocycles. The van der Waals surface area contributed by atoms with Gasteiger partial charge in [0.25, 0.3) is 0 Å². The molecule has 0 bridgehead atoms. The summed E-state index contributed by atoms with van der Waals surface area (Å²) in [5, 5.41) is 10.7.